The van der Waals surface area contributed by atoms with Crippen LogP contribution in [0, 0.1) is 11.3 Å². The second-order valence-electron chi connectivity index (χ2n) is 14.1. The SMILES string of the molecule is C[Si](C)(C)c1ccc(N(c2ccc(C#N)cc2)c2cc3c4cc5ccccc5cc4n4c3c(c2)n2c3cc5ccccc5cc3nc24)cc1. The zero-order chi connectivity index (χ0) is 33.0. The fourth-order valence-corrected chi connectivity index (χ4v) is 8.85. The summed E-state index contributed by atoms with van der Waals surface area (Å²) in [5.74, 6) is 0.914. The highest BCUT2D eigenvalue weighted by Gasteiger charge is 2.25. The Labute approximate surface area is 283 Å². The van der Waals surface area contributed by atoms with Crippen molar-refractivity contribution >= 4 is 96.0 Å². The minimum atomic E-state index is -1.50. The highest BCUT2D eigenvalue weighted by atomic mass is 28.3. The number of hydrogen-bond acceptors (Lipinski definition) is 3. The number of nitrogens with zero attached hydrogens (tertiary/aromatic N) is 5. The van der Waals surface area contributed by atoms with E-state index in [2.05, 4.69) is 161 Å². The molecule has 0 fully saturated rings. The van der Waals surface area contributed by atoms with Gasteiger partial charge in [0.1, 0.15) is 0 Å². The molecule has 0 N–H and O–H groups in total. The Bertz CT molecular complexity index is 2970. The van der Waals surface area contributed by atoms with Crippen molar-refractivity contribution in [3.05, 3.63) is 139 Å². The van der Waals surface area contributed by atoms with Crippen LogP contribution in [0.1, 0.15) is 5.56 Å². The molecule has 0 unspecified atom stereocenters. The Morgan fingerprint density at radius 2 is 1.16 bits per heavy atom. The van der Waals surface area contributed by atoms with Crippen molar-refractivity contribution in [1.82, 2.24) is 13.8 Å². The molecule has 0 aliphatic heterocycles. The number of hydrogen-bond donors (Lipinski definition) is 0. The summed E-state index contributed by atoms with van der Waals surface area (Å²) in [5, 5.41) is 18.2. The average Bonchev–Trinajstić information content (AvgIpc) is 3.75. The van der Waals surface area contributed by atoms with Crippen LogP contribution in [0.15, 0.2) is 133 Å². The highest BCUT2D eigenvalue weighted by molar-refractivity contribution is 6.88. The van der Waals surface area contributed by atoms with Crippen molar-refractivity contribution in [2.75, 3.05) is 4.90 Å². The minimum absolute atomic E-state index is 0.642. The average molecular weight is 646 g/mol. The summed E-state index contributed by atoms with van der Waals surface area (Å²) in [6.45, 7) is 7.14. The maximum absolute atomic E-state index is 9.61. The number of benzene rings is 7. The van der Waals surface area contributed by atoms with Gasteiger partial charge >= 0.3 is 0 Å². The predicted octanol–water partition coefficient (Wildman–Crippen LogP) is 10.7. The molecular formula is C43H31N5Si. The largest absolute Gasteiger partial charge is 0.310 e. The van der Waals surface area contributed by atoms with Gasteiger partial charge in [0.15, 0.2) is 0 Å². The summed E-state index contributed by atoms with van der Waals surface area (Å²) < 4.78 is 4.70. The normalized spacial score (nSPS) is 12.4. The number of nitriles is 1. The van der Waals surface area contributed by atoms with Crippen LogP contribution < -0.4 is 10.1 Å². The van der Waals surface area contributed by atoms with E-state index < -0.39 is 8.07 Å². The number of rotatable bonds is 4. The van der Waals surface area contributed by atoms with Gasteiger partial charge in [-0.05, 0) is 94.3 Å². The molecule has 49 heavy (non-hydrogen) atoms. The van der Waals surface area contributed by atoms with E-state index in [1.54, 1.807) is 0 Å². The van der Waals surface area contributed by atoms with E-state index in [0.717, 1.165) is 44.9 Å². The molecule has 0 saturated carbocycles. The second-order valence-corrected chi connectivity index (χ2v) is 19.2. The third-order valence-corrected chi connectivity index (χ3v) is 12.2. The lowest BCUT2D eigenvalue weighted by atomic mass is 10.0. The third-order valence-electron chi connectivity index (χ3n) is 10.1. The molecule has 0 radical (unpaired) electrons. The summed E-state index contributed by atoms with van der Waals surface area (Å²) in [6, 6.07) is 50.2. The van der Waals surface area contributed by atoms with Crippen LogP contribution in [0.4, 0.5) is 17.1 Å². The third kappa shape index (κ3) is 4.06. The fourth-order valence-electron chi connectivity index (χ4n) is 7.68. The quantitative estimate of drug-likeness (QED) is 0.179. The Morgan fingerprint density at radius 3 is 1.80 bits per heavy atom. The van der Waals surface area contributed by atoms with Crippen LogP contribution in [-0.2, 0) is 0 Å². The number of imidazole rings is 2. The van der Waals surface area contributed by atoms with E-state index in [4.69, 9.17) is 4.98 Å². The molecule has 3 heterocycles. The minimum Gasteiger partial charge on any atom is -0.310 e. The lowest BCUT2D eigenvalue weighted by Gasteiger charge is -2.27. The monoisotopic (exact) mass is 645 g/mol. The Morgan fingerprint density at radius 1 is 0.571 bits per heavy atom. The zero-order valence-electron chi connectivity index (χ0n) is 27.4. The second kappa shape index (κ2) is 9.93. The molecule has 0 aliphatic rings. The molecule has 5 nitrogen and oxygen atoms in total. The summed E-state index contributed by atoms with van der Waals surface area (Å²) >= 11 is 0. The molecule has 0 spiro atoms. The molecule has 232 valence electrons. The summed E-state index contributed by atoms with van der Waals surface area (Å²) in [7, 11) is -1.50. The van der Waals surface area contributed by atoms with Crippen LogP contribution in [0.3, 0.4) is 0 Å². The first kappa shape index (κ1) is 27.9. The summed E-state index contributed by atoms with van der Waals surface area (Å²) in [5.41, 5.74) is 9.26. The first-order valence-electron chi connectivity index (χ1n) is 16.7. The molecule has 10 aromatic rings. The van der Waals surface area contributed by atoms with Crippen LogP contribution in [-0.4, -0.2) is 21.9 Å². The summed E-state index contributed by atoms with van der Waals surface area (Å²) in [6.07, 6.45) is 0. The van der Waals surface area contributed by atoms with Gasteiger partial charge in [-0.1, -0.05) is 85.5 Å². The van der Waals surface area contributed by atoms with E-state index in [-0.39, 0.29) is 0 Å². The molecule has 0 bridgehead atoms. The molecule has 3 aromatic heterocycles. The van der Waals surface area contributed by atoms with E-state index in [1.165, 1.54) is 43.0 Å². The van der Waals surface area contributed by atoms with Gasteiger partial charge in [0.05, 0.1) is 47.3 Å². The van der Waals surface area contributed by atoms with Gasteiger partial charge in [-0.15, -0.1) is 0 Å². The number of fused-ring (bicyclic) bond motifs is 10. The van der Waals surface area contributed by atoms with Gasteiger partial charge < -0.3 is 4.90 Å². The van der Waals surface area contributed by atoms with Gasteiger partial charge in [0, 0.05) is 27.8 Å². The van der Waals surface area contributed by atoms with Crippen molar-refractivity contribution in [3.63, 3.8) is 0 Å². The van der Waals surface area contributed by atoms with E-state index in [0.29, 0.717) is 5.56 Å². The standard InChI is InChI=1S/C43H31N5Si/c1-49(2,3)35-18-16-33(17-19-35)46(32-14-12-27(26-44)13-15-32)34-24-37-36-20-28-8-4-6-10-30(28)22-39(36)48-42(37)41(25-34)47-40-23-31-11-7-5-9-29(31)21-38(40)45-43(47)48/h4-25H,1-3H3. The van der Waals surface area contributed by atoms with Crippen molar-refractivity contribution in [1.29, 1.82) is 5.26 Å². The zero-order valence-corrected chi connectivity index (χ0v) is 28.4. The van der Waals surface area contributed by atoms with E-state index >= 15 is 0 Å². The number of aromatic nitrogens is 3. The fraction of sp³-hybridized carbons (Fsp3) is 0.0698. The molecule has 0 aliphatic carbocycles. The molecule has 0 amide bonds. The van der Waals surface area contributed by atoms with Crippen LogP contribution in [0.2, 0.25) is 19.6 Å². The maximum Gasteiger partial charge on any atom is 0.220 e. The van der Waals surface area contributed by atoms with Crippen molar-refractivity contribution in [3.8, 4) is 6.07 Å². The molecule has 0 saturated heterocycles. The Balaban J connectivity index is 1.34. The highest BCUT2D eigenvalue weighted by Crippen LogP contribution is 2.44. The van der Waals surface area contributed by atoms with Crippen LogP contribution in [0.5, 0.6) is 0 Å². The topological polar surface area (TPSA) is 48.7 Å². The van der Waals surface area contributed by atoms with Gasteiger partial charge in [0.2, 0.25) is 5.78 Å². The lowest BCUT2D eigenvalue weighted by molar-refractivity contribution is 1.22. The van der Waals surface area contributed by atoms with Gasteiger partial charge in [0.25, 0.3) is 0 Å². The molecule has 10 rings (SSSR count). The molecule has 7 aromatic carbocycles. The molecule has 0 atom stereocenters. The molecule has 6 heteroatoms. The first-order chi connectivity index (χ1) is 23.9. The predicted molar refractivity (Wildman–Crippen MR) is 207 cm³/mol. The van der Waals surface area contributed by atoms with E-state index in [9.17, 15) is 5.26 Å². The van der Waals surface area contributed by atoms with Gasteiger partial charge in [-0.2, -0.15) is 5.26 Å². The first-order valence-corrected chi connectivity index (χ1v) is 20.2. The van der Waals surface area contributed by atoms with Crippen LogP contribution >= 0.6 is 0 Å². The summed E-state index contributed by atoms with van der Waals surface area (Å²) in [4.78, 5) is 7.64. The van der Waals surface area contributed by atoms with Crippen molar-refractivity contribution in [2.45, 2.75) is 19.6 Å². The Hall–Kier alpha value is -6.16. The van der Waals surface area contributed by atoms with Crippen LogP contribution in [0.25, 0.3) is 65.7 Å². The smallest absolute Gasteiger partial charge is 0.220 e. The van der Waals surface area contributed by atoms with E-state index in [1.807, 2.05) is 12.1 Å². The Kier molecular flexibility index (Phi) is 5.65. The van der Waals surface area contributed by atoms with Crippen molar-refractivity contribution in [2.24, 2.45) is 0 Å². The maximum atomic E-state index is 9.61. The number of anilines is 3. The van der Waals surface area contributed by atoms with Gasteiger partial charge in [-0.3, -0.25) is 8.80 Å². The van der Waals surface area contributed by atoms with Gasteiger partial charge in [-0.25, -0.2) is 4.98 Å². The van der Waals surface area contributed by atoms with Crippen molar-refractivity contribution < 1.29 is 0 Å². The molecular weight excluding hydrogens is 615 g/mol. The lowest BCUT2D eigenvalue weighted by Crippen LogP contribution is -2.37.